The van der Waals surface area contributed by atoms with E-state index in [0.29, 0.717) is 12.1 Å². The third kappa shape index (κ3) is 4.48. The number of nitriles is 1. The number of hydrogen-bond donors (Lipinski definition) is 0. The molecule has 2 rings (SSSR count). The van der Waals surface area contributed by atoms with Crippen molar-refractivity contribution in [2.45, 2.75) is 27.2 Å². The minimum atomic E-state index is -0.730. The van der Waals surface area contributed by atoms with E-state index in [9.17, 15) is 9.59 Å². The van der Waals surface area contributed by atoms with Gasteiger partial charge in [0.25, 0.3) is 5.56 Å². The van der Waals surface area contributed by atoms with Crippen LogP contribution in [-0.2, 0) is 4.74 Å². The fourth-order valence-corrected chi connectivity index (χ4v) is 2.15. The Balaban J connectivity index is 2.42. The van der Waals surface area contributed by atoms with Crippen LogP contribution in [0.5, 0.6) is 6.01 Å². The first-order valence-corrected chi connectivity index (χ1v) is 8.28. The molecule has 0 N–H and O–H groups in total. The monoisotopic (exact) mass is 355 g/mol. The van der Waals surface area contributed by atoms with Crippen molar-refractivity contribution in [2.24, 2.45) is 5.41 Å². The standard InChI is InChI=1S/C19H21N3O4/c1-4-25-17(24)15-12-21-18(26-11-10-19(2,3)13-20)22(16(15)23)14-8-6-5-7-9-14/h5-9,12H,4,10-11H2,1-3H3. The summed E-state index contributed by atoms with van der Waals surface area (Å²) in [7, 11) is 0. The number of benzene rings is 1. The second kappa shape index (κ2) is 8.30. The summed E-state index contributed by atoms with van der Waals surface area (Å²) in [6.45, 7) is 5.63. The Morgan fingerprint density at radius 3 is 2.62 bits per heavy atom. The van der Waals surface area contributed by atoms with Crippen molar-refractivity contribution in [3.63, 3.8) is 0 Å². The maximum atomic E-state index is 12.8. The van der Waals surface area contributed by atoms with Crippen LogP contribution in [0.25, 0.3) is 5.69 Å². The number of para-hydroxylation sites is 1. The molecule has 0 amide bonds. The summed E-state index contributed by atoms with van der Waals surface area (Å²) in [6, 6.07) is 11.0. The predicted octanol–water partition coefficient (Wildman–Crippen LogP) is 2.73. The molecule has 2 aromatic rings. The first-order valence-electron chi connectivity index (χ1n) is 8.28. The third-order valence-corrected chi connectivity index (χ3v) is 3.70. The number of carbonyl (C=O) groups is 1. The Morgan fingerprint density at radius 1 is 1.31 bits per heavy atom. The van der Waals surface area contributed by atoms with Gasteiger partial charge in [0.2, 0.25) is 0 Å². The van der Waals surface area contributed by atoms with Crippen LogP contribution in [-0.4, -0.2) is 28.7 Å². The zero-order chi connectivity index (χ0) is 19.2. The molecule has 7 heteroatoms. The van der Waals surface area contributed by atoms with Gasteiger partial charge in [0.05, 0.1) is 36.6 Å². The average molecular weight is 355 g/mol. The molecule has 136 valence electrons. The number of esters is 1. The molecule has 0 radical (unpaired) electrons. The van der Waals surface area contributed by atoms with Gasteiger partial charge in [-0.05, 0) is 39.3 Å². The normalized spacial score (nSPS) is 10.8. The minimum absolute atomic E-state index is 0.0583. The summed E-state index contributed by atoms with van der Waals surface area (Å²) in [5.74, 6) is -0.730. The van der Waals surface area contributed by atoms with Gasteiger partial charge in [-0.2, -0.15) is 5.26 Å². The molecule has 0 aliphatic heterocycles. The maximum absolute atomic E-state index is 12.8. The highest BCUT2D eigenvalue weighted by Crippen LogP contribution is 2.20. The number of nitrogens with zero attached hydrogens (tertiary/aromatic N) is 3. The zero-order valence-electron chi connectivity index (χ0n) is 15.1. The molecule has 1 aromatic heterocycles. The molecule has 0 saturated carbocycles. The molecule has 0 saturated heterocycles. The Bertz CT molecular complexity index is 867. The highest BCUT2D eigenvalue weighted by molar-refractivity contribution is 5.88. The van der Waals surface area contributed by atoms with E-state index in [4.69, 9.17) is 14.7 Å². The van der Waals surface area contributed by atoms with E-state index in [1.165, 1.54) is 4.57 Å². The fourth-order valence-electron chi connectivity index (χ4n) is 2.15. The number of ether oxygens (including phenoxy) is 2. The first-order chi connectivity index (χ1) is 12.4. The van der Waals surface area contributed by atoms with Crippen LogP contribution in [0.4, 0.5) is 0 Å². The summed E-state index contributed by atoms with van der Waals surface area (Å²) in [4.78, 5) is 28.9. The lowest BCUT2D eigenvalue weighted by atomic mass is 9.92. The maximum Gasteiger partial charge on any atom is 0.345 e. The molecular weight excluding hydrogens is 334 g/mol. The van der Waals surface area contributed by atoms with Crippen molar-refractivity contribution in [1.82, 2.24) is 9.55 Å². The van der Waals surface area contributed by atoms with Crippen LogP contribution < -0.4 is 10.3 Å². The Morgan fingerprint density at radius 2 is 2.00 bits per heavy atom. The first kappa shape index (κ1) is 19.2. The molecule has 0 fully saturated rings. The number of rotatable bonds is 7. The quantitative estimate of drug-likeness (QED) is 0.709. The highest BCUT2D eigenvalue weighted by Gasteiger charge is 2.21. The van der Waals surface area contributed by atoms with Crippen LogP contribution in [0.2, 0.25) is 0 Å². The summed E-state index contributed by atoms with van der Waals surface area (Å²) in [5, 5.41) is 9.09. The third-order valence-electron chi connectivity index (χ3n) is 3.70. The summed E-state index contributed by atoms with van der Waals surface area (Å²) in [6.07, 6.45) is 1.62. The van der Waals surface area contributed by atoms with Crippen LogP contribution in [0.1, 0.15) is 37.6 Å². The molecule has 0 bridgehead atoms. The number of hydrogen-bond acceptors (Lipinski definition) is 6. The predicted molar refractivity (Wildman–Crippen MR) is 95.3 cm³/mol. The molecule has 1 heterocycles. The Hall–Kier alpha value is -3.14. The van der Waals surface area contributed by atoms with E-state index in [1.807, 2.05) is 6.07 Å². The van der Waals surface area contributed by atoms with Gasteiger partial charge < -0.3 is 9.47 Å². The van der Waals surface area contributed by atoms with E-state index in [0.717, 1.165) is 6.20 Å². The van der Waals surface area contributed by atoms with Crippen molar-refractivity contribution >= 4 is 5.97 Å². The molecule has 26 heavy (non-hydrogen) atoms. The lowest BCUT2D eigenvalue weighted by Crippen LogP contribution is -2.29. The van der Waals surface area contributed by atoms with Crippen LogP contribution in [0.15, 0.2) is 41.3 Å². The SMILES string of the molecule is CCOC(=O)c1cnc(OCCC(C)(C)C#N)n(-c2ccccc2)c1=O. The van der Waals surface area contributed by atoms with Gasteiger partial charge in [-0.3, -0.25) is 4.79 Å². The van der Waals surface area contributed by atoms with Gasteiger partial charge in [0, 0.05) is 0 Å². The molecular formula is C19H21N3O4. The molecule has 7 nitrogen and oxygen atoms in total. The molecule has 0 aliphatic rings. The Kier molecular flexibility index (Phi) is 6.12. The van der Waals surface area contributed by atoms with Gasteiger partial charge in [-0.15, -0.1) is 0 Å². The van der Waals surface area contributed by atoms with Gasteiger partial charge in [0.15, 0.2) is 0 Å². The number of carbonyl (C=O) groups excluding carboxylic acids is 1. The molecule has 0 spiro atoms. The van der Waals surface area contributed by atoms with Crippen molar-refractivity contribution in [2.75, 3.05) is 13.2 Å². The van der Waals surface area contributed by atoms with Crippen LogP contribution in [0.3, 0.4) is 0 Å². The van der Waals surface area contributed by atoms with E-state index in [2.05, 4.69) is 11.1 Å². The lowest BCUT2D eigenvalue weighted by Gasteiger charge is -2.17. The minimum Gasteiger partial charge on any atom is -0.464 e. The molecule has 0 unspecified atom stereocenters. The largest absolute Gasteiger partial charge is 0.464 e. The fraction of sp³-hybridized carbons (Fsp3) is 0.368. The summed E-state index contributed by atoms with van der Waals surface area (Å²) < 4.78 is 11.8. The summed E-state index contributed by atoms with van der Waals surface area (Å²) in [5.41, 5.74) is -0.770. The van der Waals surface area contributed by atoms with Crippen LogP contribution in [0, 0.1) is 16.7 Å². The van der Waals surface area contributed by atoms with Crippen molar-refractivity contribution in [3.8, 4) is 17.8 Å². The van der Waals surface area contributed by atoms with Gasteiger partial charge in [-0.1, -0.05) is 18.2 Å². The second-order valence-electron chi connectivity index (χ2n) is 6.25. The van der Waals surface area contributed by atoms with Gasteiger partial charge >= 0.3 is 12.0 Å². The topological polar surface area (TPSA) is 94.2 Å². The molecule has 1 aromatic carbocycles. The van der Waals surface area contributed by atoms with Crippen molar-refractivity contribution < 1.29 is 14.3 Å². The average Bonchev–Trinajstić information content (AvgIpc) is 2.62. The second-order valence-corrected chi connectivity index (χ2v) is 6.25. The summed E-state index contributed by atoms with van der Waals surface area (Å²) >= 11 is 0. The lowest BCUT2D eigenvalue weighted by molar-refractivity contribution is 0.0523. The van der Waals surface area contributed by atoms with Crippen molar-refractivity contribution in [1.29, 1.82) is 5.26 Å². The van der Waals surface area contributed by atoms with E-state index >= 15 is 0 Å². The van der Waals surface area contributed by atoms with Gasteiger partial charge in [-0.25, -0.2) is 14.3 Å². The van der Waals surface area contributed by atoms with E-state index in [-0.39, 0.29) is 24.8 Å². The van der Waals surface area contributed by atoms with Crippen LogP contribution >= 0.6 is 0 Å². The number of aromatic nitrogens is 2. The van der Waals surface area contributed by atoms with Gasteiger partial charge in [0.1, 0.15) is 5.56 Å². The van der Waals surface area contributed by atoms with E-state index < -0.39 is 16.9 Å². The smallest absolute Gasteiger partial charge is 0.345 e. The van der Waals surface area contributed by atoms with Crippen molar-refractivity contribution in [3.05, 3.63) is 52.4 Å². The zero-order valence-corrected chi connectivity index (χ0v) is 15.1. The van der Waals surface area contributed by atoms with E-state index in [1.54, 1.807) is 45.0 Å². The molecule has 0 atom stereocenters. The molecule has 0 aliphatic carbocycles. The highest BCUT2D eigenvalue weighted by atomic mass is 16.5. The Labute approximate surface area is 151 Å².